The number of rotatable bonds is 3. The van der Waals surface area contributed by atoms with Crippen LogP contribution in [0.25, 0.3) is 0 Å². The van der Waals surface area contributed by atoms with Crippen molar-refractivity contribution in [3.63, 3.8) is 0 Å². The van der Waals surface area contributed by atoms with Crippen LogP contribution in [-0.2, 0) is 6.42 Å². The second kappa shape index (κ2) is 4.86. The summed E-state index contributed by atoms with van der Waals surface area (Å²) in [6.07, 6.45) is 3.35. The molecule has 0 aromatic heterocycles. The molecule has 0 aliphatic heterocycles. The first-order valence-electron chi connectivity index (χ1n) is 4.90. The van der Waals surface area contributed by atoms with Gasteiger partial charge in [0.25, 0.3) is 0 Å². The Bertz CT molecular complexity index is 269. The van der Waals surface area contributed by atoms with Gasteiger partial charge in [0.2, 0.25) is 0 Å². The molecule has 1 aromatic carbocycles. The SMILES string of the molecule is C/C=C(/C)[C@@H](C)Cc1ccccc1. The molecule has 0 spiro atoms. The highest BCUT2D eigenvalue weighted by Crippen LogP contribution is 2.15. The Morgan fingerprint density at radius 3 is 2.46 bits per heavy atom. The summed E-state index contributed by atoms with van der Waals surface area (Å²) in [5.74, 6) is 0.660. The lowest BCUT2D eigenvalue weighted by atomic mass is 9.94. The molecule has 1 atom stereocenters. The molecule has 0 bridgehead atoms. The molecule has 0 amide bonds. The van der Waals surface area contributed by atoms with Crippen LogP contribution in [-0.4, -0.2) is 0 Å². The first-order valence-corrected chi connectivity index (χ1v) is 4.90. The lowest BCUT2D eigenvalue weighted by Gasteiger charge is -2.11. The van der Waals surface area contributed by atoms with E-state index in [1.807, 2.05) is 0 Å². The van der Waals surface area contributed by atoms with Gasteiger partial charge in [-0.25, -0.2) is 0 Å². The first kappa shape index (κ1) is 10.0. The van der Waals surface area contributed by atoms with Crippen LogP contribution in [0.2, 0.25) is 0 Å². The zero-order valence-corrected chi connectivity index (χ0v) is 8.75. The number of allylic oxidation sites excluding steroid dienone is 2. The summed E-state index contributed by atoms with van der Waals surface area (Å²) in [6.45, 7) is 6.59. The third-order valence-corrected chi connectivity index (χ3v) is 2.62. The van der Waals surface area contributed by atoms with Gasteiger partial charge in [-0.05, 0) is 31.7 Å². The summed E-state index contributed by atoms with van der Waals surface area (Å²) >= 11 is 0. The molecular formula is C13H18. The molecule has 0 saturated carbocycles. The summed E-state index contributed by atoms with van der Waals surface area (Å²) < 4.78 is 0. The standard InChI is InChI=1S/C13H18/c1-4-11(2)12(3)10-13-8-6-5-7-9-13/h4-9,12H,10H2,1-3H3/b11-4-/t12-/m0/s1. The lowest BCUT2D eigenvalue weighted by molar-refractivity contribution is 0.676. The van der Waals surface area contributed by atoms with Crippen molar-refractivity contribution < 1.29 is 0 Å². The molecular weight excluding hydrogens is 156 g/mol. The van der Waals surface area contributed by atoms with Crippen LogP contribution in [0.1, 0.15) is 26.3 Å². The van der Waals surface area contributed by atoms with Crippen molar-refractivity contribution in [1.82, 2.24) is 0 Å². The molecule has 13 heavy (non-hydrogen) atoms. The predicted molar refractivity (Wildman–Crippen MR) is 58.7 cm³/mol. The summed E-state index contributed by atoms with van der Waals surface area (Å²) in [4.78, 5) is 0. The van der Waals surface area contributed by atoms with Gasteiger partial charge in [-0.2, -0.15) is 0 Å². The molecule has 0 nitrogen and oxygen atoms in total. The second-order valence-electron chi connectivity index (χ2n) is 3.62. The van der Waals surface area contributed by atoms with E-state index in [9.17, 15) is 0 Å². The number of benzene rings is 1. The smallest absolute Gasteiger partial charge is 0.0194 e. The van der Waals surface area contributed by atoms with Crippen LogP contribution in [0.5, 0.6) is 0 Å². The van der Waals surface area contributed by atoms with Crippen LogP contribution in [0, 0.1) is 5.92 Å². The Labute approximate surface area is 81.3 Å². The van der Waals surface area contributed by atoms with E-state index < -0.39 is 0 Å². The van der Waals surface area contributed by atoms with Crippen molar-refractivity contribution in [3.8, 4) is 0 Å². The van der Waals surface area contributed by atoms with Gasteiger partial charge in [-0.3, -0.25) is 0 Å². The van der Waals surface area contributed by atoms with E-state index in [-0.39, 0.29) is 0 Å². The van der Waals surface area contributed by atoms with Crippen molar-refractivity contribution in [2.45, 2.75) is 27.2 Å². The zero-order valence-electron chi connectivity index (χ0n) is 8.75. The van der Waals surface area contributed by atoms with E-state index in [0.29, 0.717) is 5.92 Å². The summed E-state index contributed by atoms with van der Waals surface area (Å²) in [5, 5.41) is 0. The monoisotopic (exact) mass is 174 g/mol. The molecule has 0 heteroatoms. The Kier molecular flexibility index (Phi) is 3.75. The molecule has 0 radical (unpaired) electrons. The Morgan fingerprint density at radius 2 is 1.92 bits per heavy atom. The van der Waals surface area contributed by atoms with Gasteiger partial charge >= 0.3 is 0 Å². The molecule has 1 rings (SSSR count). The minimum atomic E-state index is 0.660. The Balaban J connectivity index is 2.60. The van der Waals surface area contributed by atoms with Gasteiger partial charge in [0.1, 0.15) is 0 Å². The number of hydrogen-bond donors (Lipinski definition) is 0. The summed E-state index contributed by atoms with van der Waals surface area (Å²) in [7, 11) is 0. The molecule has 0 unspecified atom stereocenters. The molecule has 0 aliphatic carbocycles. The van der Waals surface area contributed by atoms with Gasteiger partial charge in [0, 0.05) is 0 Å². The van der Waals surface area contributed by atoms with Crippen molar-refractivity contribution in [1.29, 1.82) is 0 Å². The Hall–Kier alpha value is -1.04. The van der Waals surface area contributed by atoms with E-state index in [4.69, 9.17) is 0 Å². The maximum absolute atomic E-state index is 2.28. The summed E-state index contributed by atoms with van der Waals surface area (Å²) in [5.41, 5.74) is 2.90. The predicted octanol–water partition coefficient (Wildman–Crippen LogP) is 3.83. The largest absolute Gasteiger partial charge is 0.0885 e. The molecule has 70 valence electrons. The quantitative estimate of drug-likeness (QED) is 0.611. The van der Waals surface area contributed by atoms with E-state index in [1.54, 1.807) is 0 Å². The summed E-state index contributed by atoms with van der Waals surface area (Å²) in [6, 6.07) is 10.7. The van der Waals surface area contributed by atoms with E-state index in [0.717, 1.165) is 6.42 Å². The Morgan fingerprint density at radius 1 is 1.31 bits per heavy atom. The average molecular weight is 174 g/mol. The average Bonchev–Trinajstić information content (AvgIpc) is 2.18. The third kappa shape index (κ3) is 3.06. The van der Waals surface area contributed by atoms with Crippen LogP contribution < -0.4 is 0 Å². The molecule has 0 N–H and O–H groups in total. The fourth-order valence-corrected chi connectivity index (χ4v) is 1.41. The van der Waals surface area contributed by atoms with Crippen molar-refractivity contribution in [2.24, 2.45) is 5.92 Å². The number of hydrogen-bond acceptors (Lipinski definition) is 0. The second-order valence-corrected chi connectivity index (χ2v) is 3.62. The van der Waals surface area contributed by atoms with Gasteiger partial charge < -0.3 is 0 Å². The maximum Gasteiger partial charge on any atom is -0.0194 e. The highest BCUT2D eigenvalue weighted by Gasteiger charge is 2.03. The first-order chi connectivity index (χ1) is 6.24. The van der Waals surface area contributed by atoms with Crippen molar-refractivity contribution in [2.75, 3.05) is 0 Å². The van der Waals surface area contributed by atoms with Gasteiger partial charge in [-0.15, -0.1) is 0 Å². The van der Waals surface area contributed by atoms with Crippen molar-refractivity contribution >= 4 is 0 Å². The van der Waals surface area contributed by atoms with Gasteiger partial charge in [0.15, 0.2) is 0 Å². The molecule has 0 aliphatic rings. The fraction of sp³-hybridized carbons (Fsp3) is 0.385. The topological polar surface area (TPSA) is 0 Å². The van der Waals surface area contributed by atoms with E-state index >= 15 is 0 Å². The van der Waals surface area contributed by atoms with E-state index in [1.165, 1.54) is 11.1 Å². The molecule has 0 fully saturated rings. The van der Waals surface area contributed by atoms with Gasteiger partial charge in [-0.1, -0.05) is 48.9 Å². The fourth-order valence-electron chi connectivity index (χ4n) is 1.41. The van der Waals surface area contributed by atoms with Crippen molar-refractivity contribution in [3.05, 3.63) is 47.5 Å². The zero-order chi connectivity index (χ0) is 9.68. The van der Waals surface area contributed by atoms with Crippen LogP contribution in [0.4, 0.5) is 0 Å². The van der Waals surface area contributed by atoms with Crippen LogP contribution in [0.3, 0.4) is 0 Å². The minimum Gasteiger partial charge on any atom is -0.0885 e. The normalized spacial score (nSPS) is 14.2. The van der Waals surface area contributed by atoms with Crippen LogP contribution in [0.15, 0.2) is 42.0 Å². The third-order valence-electron chi connectivity index (χ3n) is 2.62. The minimum absolute atomic E-state index is 0.660. The highest BCUT2D eigenvalue weighted by atomic mass is 14.1. The van der Waals surface area contributed by atoms with E-state index in [2.05, 4.69) is 57.2 Å². The van der Waals surface area contributed by atoms with Crippen LogP contribution >= 0.6 is 0 Å². The highest BCUT2D eigenvalue weighted by molar-refractivity contribution is 5.17. The molecule has 1 aromatic rings. The molecule has 0 heterocycles. The van der Waals surface area contributed by atoms with Gasteiger partial charge in [0.05, 0.1) is 0 Å². The maximum atomic E-state index is 2.28. The lowest BCUT2D eigenvalue weighted by Crippen LogP contribution is -2.00. The molecule has 0 saturated heterocycles.